The van der Waals surface area contributed by atoms with Crippen molar-refractivity contribution in [3.8, 4) is 0 Å². The number of aliphatic hydroxyl groups is 1. The van der Waals surface area contributed by atoms with E-state index in [0.717, 1.165) is 51.3 Å². The van der Waals surface area contributed by atoms with Crippen LogP contribution in [0.15, 0.2) is 4.99 Å². The first kappa shape index (κ1) is 17.5. The molecular weight excluding hydrogens is 280 g/mol. The van der Waals surface area contributed by atoms with Crippen molar-refractivity contribution in [3.05, 3.63) is 0 Å². The third-order valence-electron chi connectivity index (χ3n) is 4.13. The summed E-state index contributed by atoms with van der Waals surface area (Å²) in [5.41, 5.74) is -0.809. The molecule has 1 atom stereocenters. The highest BCUT2D eigenvalue weighted by atomic mass is 16.5. The summed E-state index contributed by atoms with van der Waals surface area (Å²) in [6.45, 7) is 10.0. The zero-order valence-electron chi connectivity index (χ0n) is 14.1. The molecule has 6 heteroatoms. The molecule has 0 spiro atoms. The molecule has 0 aromatic rings. The van der Waals surface area contributed by atoms with Crippen molar-refractivity contribution in [2.24, 2.45) is 10.9 Å². The van der Waals surface area contributed by atoms with Gasteiger partial charge in [-0.25, -0.2) is 0 Å². The average Bonchev–Trinajstić information content (AvgIpc) is 3.30. The van der Waals surface area contributed by atoms with Gasteiger partial charge in [-0.2, -0.15) is 0 Å². The van der Waals surface area contributed by atoms with Crippen molar-refractivity contribution in [2.45, 2.75) is 38.7 Å². The largest absolute Gasteiger partial charge is 0.387 e. The smallest absolute Gasteiger partial charge is 0.191 e. The molecule has 1 unspecified atom stereocenters. The second-order valence-corrected chi connectivity index (χ2v) is 6.74. The molecule has 2 aliphatic rings. The van der Waals surface area contributed by atoms with Gasteiger partial charge in [0.2, 0.25) is 0 Å². The lowest BCUT2D eigenvalue weighted by Gasteiger charge is -2.33. The summed E-state index contributed by atoms with van der Waals surface area (Å²) in [6, 6.07) is 0. The van der Waals surface area contributed by atoms with Gasteiger partial charge >= 0.3 is 0 Å². The van der Waals surface area contributed by atoms with Crippen LogP contribution in [-0.2, 0) is 4.74 Å². The Morgan fingerprint density at radius 1 is 1.32 bits per heavy atom. The van der Waals surface area contributed by atoms with Gasteiger partial charge in [-0.1, -0.05) is 12.8 Å². The maximum atomic E-state index is 10.6. The van der Waals surface area contributed by atoms with Gasteiger partial charge in [0.05, 0.1) is 25.4 Å². The minimum absolute atomic E-state index is 0.406. The van der Waals surface area contributed by atoms with Crippen molar-refractivity contribution in [3.63, 3.8) is 0 Å². The Morgan fingerprint density at radius 3 is 2.68 bits per heavy atom. The predicted molar refractivity (Wildman–Crippen MR) is 89.2 cm³/mol. The van der Waals surface area contributed by atoms with Gasteiger partial charge in [0.15, 0.2) is 5.96 Å². The number of aliphatic imine (C=N–C) groups is 1. The molecule has 128 valence electrons. The van der Waals surface area contributed by atoms with E-state index in [4.69, 9.17) is 4.74 Å². The number of hydrogen-bond donors (Lipinski definition) is 3. The van der Waals surface area contributed by atoms with Crippen LogP contribution in [0, 0.1) is 5.92 Å². The maximum absolute atomic E-state index is 10.6. The van der Waals surface area contributed by atoms with Gasteiger partial charge in [0, 0.05) is 32.7 Å². The Kier molecular flexibility index (Phi) is 6.92. The third-order valence-corrected chi connectivity index (χ3v) is 4.13. The lowest BCUT2D eigenvalue weighted by Crippen LogP contribution is -2.48. The minimum atomic E-state index is -0.809. The second kappa shape index (κ2) is 8.70. The zero-order valence-corrected chi connectivity index (χ0v) is 14.1. The molecule has 3 N–H and O–H groups in total. The fourth-order valence-electron chi connectivity index (χ4n) is 2.68. The Hall–Kier alpha value is -0.850. The normalized spacial score (nSPS) is 23.1. The highest BCUT2D eigenvalue weighted by Crippen LogP contribution is 2.31. The Balaban J connectivity index is 1.75. The van der Waals surface area contributed by atoms with Crippen LogP contribution >= 0.6 is 0 Å². The van der Waals surface area contributed by atoms with Crippen molar-refractivity contribution in [1.82, 2.24) is 15.5 Å². The van der Waals surface area contributed by atoms with E-state index in [2.05, 4.69) is 27.4 Å². The topological polar surface area (TPSA) is 69.1 Å². The average molecular weight is 312 g/mol. The molecule has 1 heterocycles. The Morgan fingerprint density at radius 2 is 2.05 bits per heavy atom. The van der Waals surface area contributed by atoms with E-state index in [9.17, 15) is 5.11 Å². The summed E-state index contributed by atoms with van der Waals surface area (Å²) < 4.78 is 5.34. The molecule has 22 heavy (non-hydrogen) atoms. The Labute approximate surface area is 134 Å². The third kappa shape index (κ3) is 6.94. The molecule has 2 fully saturated rings. The molecular formula is C16H32N4O2. The van der Waals surface area contributed by atoms with E-state index in [-0.39, 0.29) is 0 Å². The van der Waals surface area contributed by atoms with Crippen LogP contribution < -0.4 is 10.6 Å². The molecule has 1 saturated heterocycles. The number of guanidine groups is 1. The Bertz CT molecular complexity index is 350. The van der Waals surface area contributed by atoms with Crippen LogP contribution in [0.25, 0.3) is 0 Å². The van der Waals surface area contributed by atoms with Crippen molar-refractivity contribution in [2.75, 3.05) is 52.5 Å². The summed E-state index contributed by atoms with van der Waals surface area (Å²) in [4.78, 5) is 6.80. The van der Waals surface area contributed by atoms with Crippen molar-refractivity contribution >= 4 is 5.96 Å². The van der Waals surface area contributed by atoms with Gasteiger partial charge in [0.1, 0.15) is 0 Å². The number of morpholine rings is 1. The van der Waals surface area contributed by atoms with Crippen molar-refractivity contribution in [1.29, 1.82) is 0 Å². The number of nitrogens with zero attached hydrogens (tertiary/aromatic N) is 2. The van der Waals surface area contributed by atoms with Crippen molar-refractivity contribution < 1.29 is 9.84 Å². The number of β-amino-alcohol motifs (C(OH)–C–C–N with tert-alkyl or cyclic N) is 1. The maximum Gasteiger partial charge on any atom is 0.191 e. The lowest BCUT2D eigenvalue weighted by atomic mass is 10.1. The molecule has 6 nitrogen and oxygen atoms in total. The van der Waals surface area contributed by atoms with Crippen LogP contribution in [0.5, 0.6) is 0 Å². The molecule has 0 radical (unpaired) electrons. The molecule has 0 amide bonds. The van der Waals surface area contributed by atoms with Crippen LogP contribution in [0.4, 0.5) is 0 Å². The second-order valence-electron chi connectivity index (χ2n) is 6.74. The van der Waals surface area contributed by atoms with E-state index in [1.54, 1.807) is 0 Å². The SMILES string of the molecule is CCNC(=NCC(C)(O)CN1CCOCC1)NCCC1CC1. The van der Waals surface area contributed by atoms with Gasteiger partial charge < -0.3 is 20.5 Å². The fraction of sp³-hybridized carbons (Fsp3) is 0.938. The summed E-state index contributed by atoms with van der Waals surface area (Å²) >= 11 is 0. The van der Waals surface area contributed by atoms with Crippen LogP contribution in [0.3, 0.4) is 0 Å². The molecule has 2 rings (SSSR count). The molecule has 1 aliphatic heterocycles. The van der Waals surface area contributed by atoms with E-state index in [1.165, 1.54) is 19.3 Å². The molecule has 0 aromatic carbocycles. The molecule has 0 aromatic heterocycles. The predicted octanol–water partition coefficient (Wildman–Crippen LogP) is 0.425. The monoisotopic (exact) mass is 312 g/mol. The van der Waals surface area contributed by atoms with E-state index in [1.807, 2.05) is 6.92 Å². The summed E-state index contributed by atoms with van der Waals surface area (Å²) in [5, 5.41) is 17.2. The van der Waals surface area contributed by atoms with E-state index < -0.39 is 5.60 Å². The zero-order chi connectivity index (χ0) is 15.8. The quantitative estimate of drug-likeness (QED) is 0.448. The molecule has 1 saturated carbocycles. The summed E-state index contributed by atoms with van der Waals surface area (Å²) in [5.74, 6) is 1.73. The summed E-state index contributed by atoms with van der Waals surface area (Å²) in [7, 11) is 0. The number of hydrogen-bond acceptors (Lipinski definition) is 4. The minimum Gasteiger partial charge on any atom is -0.387 e. The molecule has 1 aliphatic carbocycles. The summed E-state index contributed by atoms with van der Waals surface area (Å²) in [6.07, 6.45) is 3.97. The van der Waals surface area contributed by atoms with Gasteiger partial charge in [-0.05, 0) is 26.2 Å². The standard InChI is InChI=1S/C16H32N4O2/c1-3-17-15(18-7-6-14-4-5-14)19-12-16(2,21)13-20-8-10-22-11-9-20/h14,21H,3-13H2,1-2H3,(H2,17,18,19). The fourth-order valence-corrected chi connectivity index (χ4v) is 2.68. The molecule has 0 bridgehead atoms. The van der Waals surface area contributed by atoms with Gasteiger partial charge in [-0.3, -0.25) is 9.89 Å². The lowest BCUT2D eigenvalue weighted by molar-refractivity contribution is -0.0179. The first-order chi connectivity index (χ1) is 10.6. The van der Waals surface area contributed by atoms with E-state index in [0.29, 0.717) is 13.1 Å². The van der Waals surface area contributed by atoms with E-state index >= 15 is 0 Å². The first-order valence-corrected chi connectivity index (χ1v) is 8.64. The van der Waals surface area contributed by atoms with Crippen LogP contribution in [-0.4, -0.2) is 74.0 Å². The van der Waals surface area contributed by atoms with Crippen LogP contribution in [0.1, 0.15) is 33.1 Å². The first-order valence-electron chi connectivity index (χ1n) is 8.64. The number of rotatable bonds is 8. The number of ether oxygens (including phenoxy) is 1. The van der Waals surface area contributed by atoms with Crippen LogP contribution in [0.2, 0.25) is 0 Å². The van der Waals surface area contributed by atoms with Gasteiger partial charge in [-0.15, -0.1) is 0 Å². The van der Waals surface area contributed by atoms with Gasteiger partial charge in [0.25, 0.3) is 0 Å². The number of nitrogens with one attached hydrogen (secondary N) is 2. The highest BCUT2D eigenvalue weighted by Gasteiger charge is 2.25. The highest BCUT2D eigenvalue weighted by molar-refractivity contribution is 5.79.